The van der Waals surface area contributed by atoms with Gasteiger partial charge in [0.15, 0.2) is 11.1 Å². The molecule has 2 aromatic carbocycles. The Morgan fingerprint density at radius 3 is 2.51 bits per heavy atom. The number of carbonyl (C=O) groups is 2. The first-order valence-electron chi connectivity index (χ1n) is 10.5. The first-order valence-corrected chi connectivity index (χ1v) is 11.5. The number of pyridine rings is 1. The number of benzene rings is 2. The predicted molar refractivity (Wildman–Crippen MR) is 128 cm³/mol. The van der Waals surface area contributed by atoms with Crippen molar-refractivity contribution in [1.29, 1.82) is 0 Å². The summed E-state index contributed by atoms with van der Waals surface area (Å²) in [5.74, 6) is -1.82. The zero-order chi connectivity index (χ0) is 24.2. The second-order valence-electron chi connectivity index (χ2n) is 7.35. The van der Waals surface area contributed by atoms with Crippen LogP contribution in [-0.2, 0) is 4.79 Å². The SMILES string of the molecule is O=C(CSC1=N/C(=C/c2cccnc2)C(=O)N1c1ccccc1)c1c([O-])on[n+]1-c1ccccc1. The summed E-state index contributed by atoms with van der Waals surface area (Å²) in [6, 6.07) is 21.3. The van der Waals surface area contributed by atoms with Gasteiger partial charge in [0.05, 0.1) is 16.7 Å². The highest BCUT2D eigenvalue weighted by Gasteiger charge is 2.34. The Bertz CT molecular complexity index is 1440. The normalized spacial score (nSPS) is 14.4. The number of para-hydroxylation sites is 2. The minimum atomic E-state index is -0.832. The lowest BCUT2D eigenvalue weighted by atomic mass is 10.2. The summed E-state index contributed by atoms with van der Waals surface area (Å²) in [6.07, 6.45) is 4.91. The monoisotopic (exact) mass is 483 g/mol. The molecule has 3 heterocycles. The zero-order valence-electron chi connectivity index (χ0n) is 18.1. The van der Waals surface area contributed by atoms with E-state index in [4.69, 9.17) is 4.52 Å². The van der Waals surface area contributed by atoms with Crippen LogP contribution in [-0.4, -0.2) is 32.9 Å². The quantitative estimate of drug-likeness (QED) is 0.235. The minimum absolute atomic E-state index is 0.154. The molecule has 10 heteroatoms. The molecule has 0 saturated carbocycles. The Kier molecular flexibility index (Phi) is 6.18. The van der Waals surface area contributed by atoms with E-state index in [0.29, 0.717) is 16.5 Å². The fraction of sp³-hybridized carbons (Fsp3) is 0.0400. The fourth-order valence-electron chi connectivity index (χ4n) is 3.44. The molecule has 4 aromatic rings. The van der Waals surface area contributed by atoms with Gasteiger partial charge in [0.1, 0.15) is 5.70 Å². The van der Waals surface area contributed by atoms with Crippen LogP contribution >= 0.6 is 11.8 Å². The number of rotatable bonds is 6. The van der Waals surface area contributed by atoms with Crippen molar-refractivity contribution >= 4 is 40.4 Å². The summed E-state index contributed by atoms with van der Waals surface area (Å²) in [6.45, 7) is 0. The van der Waals surface area contributed by atoms with E-state index in [1.54, 1.807) is 60.9 Å². The first-order chi connectivity index (χ1) is 17.1. The third-order valence-corrected chi connectivity index (χ3v) is 5.98. The second-order valence-corrected chi connectivity index (χ2v) is 8.30. The van der Waals surface area contributed by atoms with Gasteiger partial charge in [0.25, 0.3) is 5.91 Å². The number of anilines is 1. The topological polar surface area (TPSA) is 116 Å². The highest BCUT2D eigenvalue weighted by molar-refractivity contribution is 8.14. The number of amidine groups is 1. The van der Waals surface area contributed by atoms with Crippen molar-refractivity contribution in [2.75, 3.05) is 10.7 Å². The molecule has 0 saturated heterocycles. The van der Waals surface area contributed by atoms with Crippen LogP contribution in [0.3, 0.4) is 0 Å². The van der Waals surface area contributed by atoms with Crippen LogP contribution in [0.25, 0.3) is 11.8 Å². The lowest BCUT2D eigenvalue weighted by molar-refractivity contribution is -0.672. The summed E-state index contributed by atoms with van der Waals surface area (Å²) in [4.78, 5) is 36.3. The maximum atomic E-state index is 13.2. The van der Waals surface area contributed by atoms with E-state index in [0.717, 1.165) is 17.3 Å². The zero-order valence-corrected chi connectivity index (χ0v) is 19.0. The number of Topliss-reactive ketones (excluding diaryl/α,β-unsaturated/α-hetero) is 1. The largest absolute Gasteiger partial charge is 0.539 e. The van der Waals surface area contributed by atoms with E-state index in [-0.39, 0.29) is 23.1 Å². The van der Waals surface area contributed by atoms with Gasteiger partial charge in [-0.2, -0.15) is 0 Å². The molecule has 1 aliphatic heterocycles. The maximum absolute atomic E-state index is 13.2. The van der Waals surface area contributed by atoms with Gasteiger partial charge in [-0.15, -0.1) is 0 Å². The van der Waals surface area contributed by atoms with E-state index >= 15 is 0 Å². The molecule has 172 valence electrons. The van der Waals surface area contributed by atoms with Gasteiger partial charge in [-0.05, 0) is 34.5 Å². The average molecular weight is 484 g/mol. The van der Waals surface area contributed by atoms with Gasteiger partial charge in [-0.3, -0.25) is 19.5 Å². The van der Waals surface area contributed by atoms with E-state index < -0.39 is 11.7 Å². The lowest BCUT2D eigenvalue weighted by Gasteiger charge is -2.17. The van der Waals surface area contributed by atoms with Gasteiger partial charge < -0.3 is 9.63 Å². The number of hydrogen-bond donors (Lipinski definition) is 0. The van der Waals surface area contributed by atoms with E-state index in [9.17, 15) is 14.7 Å². The van der Waals surface area contributed by atoms with Gasteiger partial charge in [-0.1, -0.05) is 54.2 Å². The molecular weight excluding hydrogens is 466 g/mol. The van der Waals surface area contributed by atoms with Crippen molar-refractivity contribution in [3.8, 4) is 11.6 Å². The number of amides is 1. The summed E-state index contributed by atoms with van der Waals surface area (Å²) < 4.78 is 5.93. The number of carbonyl (C=O) groups excluding carboxylic acids is 2. The molecule has 0 N–H and O–H groups in total. The van der Waals surface area contributed by atoms with Crippen LogP contribution in [0.15, 0.2) is 100 Å². The summed E-state index contributed by atoms with van der Waals surface area (Å²) >= 11 is 1.05. The molecule has 0 fully saturated rings. The van der Waals surface area contributed by atoms with Gasteiger partial charge >= 0.3 is 5.69 Å². The molecular formula is C25H17N5O4S. The van der Waals surface area contributed by atoms with Crippen molar-refractivity contribution < 1.29 is 23.9 Å². The lowest BCUT2D eigenvalue weighted by Crippen LogP contribution is -2.39. The van der Waals surface area contributed by atoms with Crippen molar-refractivity contribution in [1.82, 2.24) is 10.3 Å². The molecule has 0 radical (unpaired) electrons. The smallest absolute Gasteiger partial charge is 0.307 e. The number of ketones is 1. The molecule has 0 atom stereocenters. The third kappa shape index (κ3) is 4.59. The Morgan fingerprint density at radius 2 is 1.80 bits per heavy atom. The average Bonchev–Trinajstić information content (AvgIpc) is 3.43. The van der Waals surface area contributed by atoms with Crippen molar-refractivity contribution in [2.24, 2.45) is 4.99 Å². The Morgan fingerprint density at radius 1 is 1.06 bits per heavy atom. The standard InChI is InChI=1S/C25H17N5O4S/c31-21(22-24(33)34-28-30(22)19-11-5-2-6-12-19)16-35-25-27-20(14-17-8-7-13-26-15-17)23(32)29(25)18-9-3-1-4-10-18/h1-15H,16H2/b20-14+. The number of nitrogens with zero attached hydrogens (tertiary/aromatic N) is 5. The molecule has 9 nitrogen and oxygen atoms in total. The Balaban J connectivity index is 1.43. The predicted octanol–water partition coefficient (Wildman–Crippen LogP) is 2.78. The number of aromatic nitrogens is 3. The second kappa shape index (κ2) is 9.74. The van der Waals surface area contributed by atoms with E-state index in [1.807, 2.05) is 30.3 Å². The molecule has 0 aliphatic carbocycles. The highest BCUT2D eigenvalue weighted by Crippen LogP contribution is 2.29. The molecule has 0 unspecified atom stereocenters. The van der Waals surface area contributed by atoms with Crippen LogP contribution < -0.4 is 14.7 Å². The van der Waals surface area contributed by atoms with Crippen molar-refractivity contribution in [2.45, 2.75) is 0 Å². The fourth-order valence-corrected chi connectivity index (χ4v) is 4.32. The molecule has 0 bridgehead atoms. The Hall–Kier alpha value is -4.57. The third-order valence-electron chi connectivity index (χ3n) is 5.04. The summed E-state index contributed by atoms with van der Waals surface area (Å²) in [7, 11) is 0. The Labute approximate surface area is 204 Å². The number of thioether (sulfide) groups is 1. The van der Waals surface area contributed by atoms with Crippen LogP contribution in [0, 0.1) is 0 Å². The molecule has 1 amide bonds. The number of aliphatic imine (C=N–C) groups is 1. The summed E-state index contributed by atoms with van der Waals surface area (Å²) in [5.41, 5.74) is 1.86. The van der Waals surface area contributed by atoms with Crippen LogP contribution in [0.4, 0.5) is 5.69 Å². The highest BCUT2D eigenvalue weighted by atomic mass is 32.2. The summed E-state index contributed by atoms with van der Waals surface area (Å²) in [5, 5.41) is 16.3. The van der Waals surface area contributed by atoms with Crippen molar-refractivity contribution in [3.05, 3.63) is 102 Å². The van der Waals surface area contributed by atoms with E-state index in [1.165, 1.54) is 9.58 Å². The van der Waals surface area contributed by atoms with E-state index in [2.05, 4.69) is 15.2 Å². The molecule has 2 aromatic heterocycles. The van der Waals surface area contributed by atoms with Crippen molar-refractivity contribution in [3.63, 3.8) is 0 Å². The van der Waals surface area contributed by atoms with Crippen LogP contribution in [0.1, 0.15) is 16.1 Å². The van der Waals surface area contributed by atoms with Gasteiger partial charge in [0, 0.05) is 24.5 Å². The molecule has 5 rings (SSSR count). The number of hydrogen-bond acceptors (Lipinski definition) is 8. The molecule has 35 heavy (non-hydrogen) atoms. The first kappa shape index (κ1) is 22.2. The molecule has 1 aliphatic rings. The minimum Gasteiger partial charge on any atom is -0.539 e. The van der Waals surface area contributed by atoms with Crippen LogP contribution in [0.5, 0.6) is 5.95 Å². The van der Waals surface area contributed by atoms with Crippen LogP contribution in [0.2, 0.25) is 0 Å². The van der Waals surface area contributed by atoms with Gasteiger partial charge in [-0.25, -0.2) is 4.99 Å². The van der Waals surface area contributed by atoms with Gasteiger partial charge in [0.2, 0.25) is 11.5 Å². The maximum Gasteiger partial charge on any atom is 0.307 e. The molecule has 0 spiro atoms.